The van der Waals surface area contributed by atoms with E-state index in [0.29, 0.717) is 6.04 Å². The quantitative estimate of drug-likeness (QED) is 0.897. The maximum atomic E-state index is 3.54. The zero-order chi connectivity index (χ0) is 11.5. The van der Waals surface area contributed by atoms with Gasteiger partial charge in [-0.2, -0.15) is 0 Å². The molecule has 1 fully saturated rings. The van der Waals surface area contributed by atoms with Crippen LogP contribution < -0.4 is 5.32 Å². The van der Waals surface area contributed by atoms with Crippen molar-refractivity contribution in [1.82, 2.24) is 10.2 Å². The minimum Gasteiger partial charge on any atom is -0.312 e. The first-order valence-corrected chi connectivity index (χ1v) is 6.65. The molecule has 1 aromatic carbocycles. The molecule has 1 atom stereocenters. The Hall–Kier alpha value is -0.380. The van der Waals surface area contributed by atoms with Gasteiger partial charge in [0.1, 0.15) is 0 Å². The number of nitrogens with zero attached hydrogens (tertiary/aromatic N) is 1. The molecular formula is C13H19BrN2. The van der Waals surface area contributed by atoms with E-state index in [9.17, 15) is 0 Å². The van der Waals surface area contributed by atoms with Crippen LogP contribution in [-0.4, -0.2) is 30.6 Å². The average Bonchev–Trinajstić information content (AvgIpc) is 2.24. The highest BCUT2D eigenvalue weighted by molar-refractivity contribution is 9.10. The van der Waals surface area contributed by atoms with Gasteiger partial charge >= 0.3 is 0 Å². The van der Waals surface area contributed by atoms with Gasteiger partial charge in [0.25, 0.3) is 0 Å². The Morgan fingerprint density at radius 1 is 1.50 bits per heavy atom. The molecule has 0 radical (unpaired) electrons. The zero-order valence-electron chi connectivity index (χ0n) is 9.96. The summed E-state index contributed by atoms with van der Waals surface area (Å²) in [5.41, 5.74) is 2.73. The lowest BCUT2D eigenvalue weighted by atomic mass is 10.1. The first-order chi connectivity index (χ1) is 7.65. The van der Waals surface area contributed by atoms with Crippen molar-refractivity contribution in [2.75, 3.05) is 19.6 Å². The van der Waals surface area contributed by atoms with E-state index in [-0.39, 0.29) is 0 Å². The lowest BCUT2D eigenvalue weighted by molar-refractivity contribution is 0.199. The molecule has 1 aromatic rings. The van der Waals surface area contributed by atoms with Gasteiger partial charge in [0.15, 0.2) is 0 Å². The number of hydrogen-bond donors (Lipinski definition) is 1. The predicted octanol–water partition coefficient (Wildman–Crippen LogP) is 2.55. The van der Waals surface area contributed by atoms with Crippen LogP contribution in [0.1, 0.15) is 18.1 Å². The molecule has 1 unspecified atom stereocenters. The molecule has 1 aliphatic rings. The monoisotopic (exact) mass is 282 g/mol. The molecule has 0 amide bonds. The van der Waals surface area contributed by atoms with Crippen molar-refractivity contribution < 1.29 is 0 Å². The van der Waals surface area contributed by atoms with Gasteiger partial charge in [0.05, 0.1) is 0 Å². The van der Waals surface area contributed by atoms with Crippen LogP contribution in [0, 0.1) is 6.92 Å². The maximum absolute atomic E-state index is 3.54. The van der Waals surface area contributed by atoms with E-state index >= 15 is 0 Å². The Bertz CT molecular complexity index is 365. The molecule has 3 heteroatoms. The summed E-state index contributed by atoms with van der Waals surface area (Å²) in [5.74, 6) is 0. The van der Waals surface area contributed by atoms with E-state index in [0.717, 1.165) is 26.2 Å². The summed E-state index contributed by atoms with van der Waals surface area (Å²) in [6.45, 7) is 8.87. The number of piperazine rings is 1. The first-order valence-electron chi connectivity index (χ1n) is 5.86. The number of hydrogen-bond acceptors (Lipinski definition) is 2. The highest BCUT2D eigenvalue weighted by Crippen LogP contribution is 2.18. The smallest absolute Gasteiger partial charge is 0.0235 e. The Morgan fingerprint density at radius 2 is 2.31 bits per heavy atom. The molecule has 2 rings (SSSR count). The molecule has 0 spiro atoms. The SMILES string of the molecule is Cc1cc(CN2CCNC(C)C2)ccc1Br. The predicted molar refractivity (Wildman–Crippen MR) is 71.6 cm³/mol. The summed E-state index contributed by atoms with van der Waals surface area (Å²) < 4.78 is 1.20. The third-order valence-electron chi connectivity index (χ3n) is 3.08. The fourth-order valence-electron chi connectivity index (χ4n) is 2.22. The van der Waals surface area contributed by atoms with Gasteiger partial charge in [0.2, 0.25) is 0 Å². The molecular weight excluding hydrogens is 264 g/mol. The second kappa shape index (κ2) is 5.30. The molecule has 1 N–H and O–H groups in total. The molecule has 2 nitrogen and oxygen atoms in total. The zero-order valence-corrected chi connectivity index (χ0v) is 11.5. The van der Waals surface area contributed by atoms with Crippen LogP contribution in [0.3, 0.4) is 0 Å². The van der Waals surface area contributed by atoms with E-state index in [1.807, 2.05) is 0 Å². The van der Waals surface area contributed by atoms with E-state index in [4.69, 9.17) is 0 Å². The third kappa shape index (κ3) is 3.06. The summed E-state index contributed by atoms with van der Waals surface area (Å²) in [5, 5.41) is 3.47. The van der Waals surface area contributed by atoms with Crippen LogP contribution in [0.4, 0.5) is 0 Å². The van der Waals surface area contributed by atoms with Crippen LogP contribution >= 0.6 is 15.9 Å². The Morgan fingerprint density at radius 3 is 3.00 bits per heavy atom. The number of rotatable bonds is 2. The molecule has 16 heavy (non-hydrogen) atoms. The van der Waals surface area contributed by atoms with Crippen molar-refractivity contribution in [3.8, 4) is 0 Å². The molecule has 0 saturated carbocycles. The highest BCUT2D eigenvalue weighted by atomic mass is 79.9. The fourth-order valence-corrected chi connectivity index (χ4v) is 2.47. The Kier molecular flexibility index (Phi) is 4.00. The molecule has 1 heterocycles. The van der Waals surface area contributed by atoms with Gasteiger partial charge in [-0.25, -0.2) is 0 Å². The van der Waals surface area contributed by atoms with E-state index < -0.39 is 0 Å². The molecule has 88 valence electrons. The minimum absolute atomic E-state index is 0.616. The second-order valence-electron chi connectivity index (χ2n) is 4.67. The van der Waals surface area contributed by atoms with Crippen molar-refractivity contribution in [2.24, 2.45) is 0 Å². The normalized spacial score (nSPS) is 22.3. The number of halogens is 1. The molecule has 0 aliphatic carbocycles. The van der Waals surface area contributed by atoms with Gasteiger partial charge in [-0.1, -0.05) is 28.1 Å². The van der Waals surface area contributed by atoms with E-state index in [1.165, 1.54) is 15.6 Å². The van der Waals surface area contributed by atoms with Crippen molar-refractivity contribution in [3.63, 3.8) is 0 Å². The molecule has 0 bridgehead atoms. The van der Waals surface area contributed by atoms with Gasteiger partial charge in [-0.05, 0) is 31.0 Å². The summed E-state index contributed by atoms with van der Waals surface area (Å²) in [6.07, 6.45) is 0. The van der Waals surface area contributed by atoms with Crippen LogP contribution in [-0.2, 0) is 6.54 Å². The van der Waals surface area contributed by atoms with Crippen molar-refractivity contribution >= 4 is 15.9 Å². The number of benzene rings is 1. The number of aryl methyl sites for hydroxylation is 1. The van der Waals surface area contributed by atoms with Gasteiger partial charge in [-0.3, -0.25) is 4.90 Å². The third-order valence-corrected chi connectivity index (χ3v) is 3.97. The Labute approximate surface area is 106 Å². The van der Waals surface area contributed by atoms with Crippen LogP contribution in [0.25, 0.3) is 0 Å². The maximum Gasteiger partial charge on any atom is 0.0235 e. The summed E-state index contributed by atoms with van der Waals surface area (Å²) in [4.78, 5) is 2.52. The van der Waals surface area contributed by atoms with E-state index in [1.54, 1.807) is 0 Å². The highest BCUT2D eigenvalue weighted by Gasteiger charge is 2.15. The standard InChI is InChI=1S/C13H19BrN2/c1-10-7-12(3-4-13(10)14)9-16-6-5-15-11(2)8-16/h3-4,7,11,15H,5-6,8-9H2,1-2H3. The van der Waals surface area contributed by atoms with E-state index in [2.05, 4.69) is 58.2 Å². The largest absolute Gasteiger partial charge is 0.312 e. The molecule has 1 aliphatic heterocycles. The minimum atomic E-state index is 0.616. The van der Waals surface area contributed by atoms with Crippen LogP contribution in [0.15, 0.2) is 22.7 Å². The summed E-state index contributed by atoms with van der Waals surface area (Å²) >= 11 is 3.54. The van der Waals surface area contributed by atoms with Crippen molar-refractivity contribution in [3.05, 3.63) is 33.8 Å². The van der Waals surface area contributed by atoms with Gasteiger partial charge in [-0.15, -0.1) is 0 Å². The second-order valence-corrected chi connectivity index (χ2v) is 5.53. The number of nitrogens with one attached hydrogen (secondary N) is 1. The van der Waals surface area contributed by atoms with Crippen LogP contribution in [0.2, 0.25) is 0 Å². The lowest BCUT2D eigenvalue weighted by Crippen LogP contribution is -2.48. The summed E-state index contributed by atoms with van der Waals surface area (Å²) in [7, 11) is 0. The van der Waals surface area contributed by atoms with Gasteiger partial charge < -0.3 is 5.32 Å². The molecule has 0 aromatic heterocycles. The van der Waals surface area contributed by atoms with Crippen molar-refractivity contribution in [1.29, 1.82) is 0 Å². The summed E-state index contributed by atoms with van der Waals surface area (Å²) in [6, 6.07) is 7.25. The van der Waals surface area contributed by atoms with Crippen LogP contribution in [0.5, 0.6) is 0 Å². The van der Waals surface area contributed by atoms with Gasteiger partial charge in [0, 0.05) is 36.7 Å². The average molecular weight is 283 g/mol. The van der Waals surface area contributed by atoms with Crippen molar-refractivity contribution in [2.45, 2.75) is 26.4 Å². The fraction of sp³-hybridized carbons (Fsp3) is 0.538. The first kappa shape index (κ1) is 12.1. The topological polar surface area (TPSA) is 15.3 Å². The lowest BCUT2D eigenvalue weighted by Gasteiger charge is -2.31. The molecule has 1 saturated heterocycles. The Balaban J connectivity index is 2.00.